The molecule has 2 N–H and O–H groups in total. The Hall–Kier alpha value is -1.95. The highest BCUT2D eigenvalue weighted by Gasteiger charge is 2.21. The molecule has 0 radical (unpaired) electrons. The second-order valence-corrected chi connectivity index (χ2v) is 8.49. The number of nitrogens with zero attached hydrogens (tertiary/aromatic N) is 4. The molecule has 1 fully saturated rings. The molecule has 0 atom stereocenters. The molecule has 1 aliphatic heterocycles. The van der Waals surface area contributed by atoms with Gasteiger partial charge in [0.15, 0.2) is 5.96 Å². The fourth-order valence-electron chi connectivity index (χ4n) is 3.38. The zero-order valence-corrected chi connectivity index (χ0v) is 21.8. The fourth-order valence-corrected chi connectivity index (χ4v) is 4.17. The Bertz CT molecular complexity index is 868. The molecular weight excluding hydrogens is 542 g/mol. The average Bonchev–Trinajstić information content (AvgIpc) is 3.26. The molecule has 0 unspecified atom stereocenters. The van der Waals surface area contributed by atoms with Crippen LogP contribution in [0.2, 0.25) is 0 Å². The van der Waals surface area contributed by atoms with E-state index in [0.717, 1.165) is 36.8 Å². The summed E-state index contributed by atoms with van der Waals surface area (Å²) >= 11 is 1.68. The van der Waals surface area contributed by atoms with Crippen LogP contribution in [0, 0.1) is 5.82 Å². The molecule has 0 spiro atoms. The van der Waals surface area contributed by atoms with Gasteiger partial charge >= 0.3 is 0 Å². The number of hydrogen-bond acceptors (Lipinski definition) is 5. The predicted octanol–water partition coefficient (Wildman–Crippen LogP) is 3.26. The van der Waals surface area contributed by atoms with Gasteiger partial charge in [-0.05, 0) is 37.6 Å². The fraction of sp³-hybridized carbons (Fsp3) is 0.500. The number of anilines is 1. The van der Waals surface area contributed by atoms with Gasteiger partial charge in [-0.25, -0.2) is 14.4 Å². The molecule has 0 saturated carbocycles. The lowest BCUT2D eigenvalue weighted by molar-refractivity contribution is -0.131. The molecule has 3 rings (SSSR count). The van der Waals surface area contributed by atoms with Crippen LogP contribution < -0.4 is 15.5 Å². The van der Waals surface area contributed by atoms with E-state index in [1.807, 2.05) is 18.0 Å². The first kappa shape index (κ1) is 26.3. The summed E-state index contributed by atoms with van der Waals surface area (Å²) in [5, 5.41) is 7.45. The lowest BCUT2D eigenvalue weighted by Gasteiger charge is -2.36. The lowest BCUT2D eigenvalue weighted by Crippen LogP contribution is -2.49. The summed E-state index contributed by atoms with van der Waals surface area (Å²) in [7, 11) is 0. The van der Waals surface area contributed by atoms with Crippen molar-refractivity contribution in [1.29, 1.82) is 0 Å². The van der Waals surface area contributed by atoms with Crippen LogP contribution in [0.15, 0.2) is 35.5 Å². The number of nitrogens with one attached hydrogen (secondary N) is 2. The van der Waals surface area contributed by atoms with E-state index in [-0.39, 0.29) is 35.7 Å². The number of rotatable bonds is 8. The molecule has 10 heteroatoms. The van der Waals surface area contributed by atoms with Gasteiger partial charge in [-0.1, -0.05) is 6.92 Å². The van der Waals surface area contributed by atoms with Crippen molar-refractivity contribution in [2.75, 3.05) is 44.2 Å². The van der Waals surface area contributed by atoms with Crippen molar-refractivity contribution < 1.29 is 9.18 Å². The van der Waals surface area contributed by atoms with Gasteiger partial charge in [0.25, 0.3) is 0 Å². The van der Waals surface area contributed by atoms with Gasteiger partial charge in [-0.3, -0.25) is 4.79 Å². The molecule has 0 bridgehead atoms. The number of carbonyl (C=O) groups is 1. The van der Waals surface area contributed by atoms with Crippen molar-refractivity contribution >= 4 is 52.9 Å². The van der Waals surface area contributed by atoms with E-state index in [1.165, 1.54) is 17.0 Å². The summed E-state index contributed by atoms with van der Waals surface area (Å²) in [6, 6.07) is 6.51. The van der Waals surface area contributed by atoms with Crippen molar-refractivity contribution in [2.24, 2.45) is 4.99 Å². The largest absolute Gasteiger partial charge is 0.368 e. The Morgan fingerprint density at radius 2 is 1.88 bits per heavy atom. The molecule has 1 saturated heterocycles. The number of aryl methyl sites for hydroxylation is 1. The first-order valence-electron chi connectivity index (χ1n) is 10.8. The van der Waals surface area contributed by atoms with E-state index in [4.69, 9.17) is 0 Å². The summed E-state index contributed by atoms with van der Waals surface area (Å²) in [4.78, 5) is 26.9. The van der Waals surface area contributed by atoms with Crippen molar-refractivity contribution in [1.82, 2.24) is 20.5 Å². The third-order valence-electron chi connectivity index (χ3n) is 5.12. The van der Waals surface area contributed by atoms with Crippen molar-refractivity contribution in [3.8, 4) is 0 Å². The minimum Gasteiger partial charge on any atom is -0.368 e. The van der Waals surface area contributed by atoms with E-state index in [0.29, 0.717) is 38.6 Å². The second-order valence-electron chi connectivity index (χ2n) is 7.29. The van der Waals surface area contributed by atoms with Gasteiger partial charge in [-0.15, -0.1) is 35.3 Å². The molecule has 1 aromatic heterocycles. The van der Waals surface area contributed by atoms with Crippen LogP contribution in [0.1, 0.15) is 30.2 Å². The number of piperazine rings is 1. The molecule has 0 aliphatic carbocycles. The van der Waals surface area contributed by atoms with E-state index in [1.54, 1.807) is 23.5 Å². The SMILES string of the molecule is CCNC(=NCc1ncc(CC)s1)NCCC(=O)N1CCN(c2ccc(F)cc2)CC1.I. The van der Waals surface area contributed by atoms with Crippen molar-refractivity contribution in [2.45, 2.75) is 33.2 Å². The minimum atomic E-state index is -0.233. The Kier molecular flexibility index (Phi) is 11.1. The van der Waals surface area contributed by atoms with E-state index in [2.05, 4.69) is 32.4 Å². The molecule has 176 valence electrons. The summed E-state index contributed by atoms with van der Waals surface area (Å²) in [5.74, 6) is 0.599. The second kappa shape index (κ2) is 13.6. The molecule has 1 amide bonds. The quantitative estimate of drug-likeness (QED) is 0.288. The van der Waals surface area contributed by atoms with Crippen molar-refractivity contribution in [3.05, 3.63) is 46.2 Å². The summed E-state index contributed by atoms with van der Waals surface area (Å²) in [6.07, 6.45) is 3.31. The standard InChI is InChI=1S/C22H31FN6OS.HI/c1-3-19-15-26-20(31-19)16-27-22(24-4-2)25-10-9-21(30)29-13-11-28(12-14-29)18-7-5-17(23)6-8-18;/h5-8,15H,3-4,9-14,16H2,1-2H3,(H2,24,25,27);1H. The number of aliphatic imine (C=N–C) groups is 1. The molecular formula is C22H32FIN6OS. The molecule has 7 nitrogen and oxygen atoms in total. The number of carbonyl (C=O) groups excluding carboxylic acids is 1. The Morgan fingerprint density at radius 3 is 2.50 bits per heavy atom. The Labute approximate surface area is 210 Å². The highest BCUT2D eigenvalue weighted by molar-refractivity contribution is 14.0. The van der Waals surface area contributed by atoms with Gasteiger partial charge in [0.1, 0.15) is 10.8 Å². The van der Waals surface area contributed by atoms with Crippen LogP contribution in [0.25, 0.3) is 0 Å². The summed E-state index contributed by atoms with van der Waals surface area (Å²) in [6.45, 7) is 8.80. The maximum atomic E-state index is 13.1. The number of guanidine groups is 1. The van der Waals surface area contributed by atoms with Gasteiger partial charge < -0.3 is 20.4 Å². The van der Waals surface area contributed by atoms with Crippen LogP contribution in [0.5, 0.6) is 0 Å². The number of amides is 1. The molecule has 32 heavy (non-hydrogen) atoms. The number of thiazole rings is 1. The van der Waals surface area contributed by atoms with Gasteiger partial charge in [0.2, 0.25) is 5.91 Å². The van der Waals surface area contributed by atoms with Crippen LogP contribution in [-0.4, -0.2) is 61.0 Å². The predicted molar refractivity (Wildman–Crippen MR) is 140 cm³/mol. The van der Waals surface area contributed by atoms with Crippen molar-refractivity contribution in [3.63, 3.8) is 0 Å². The van der Waals surface area contributed by atoms with Crippen LogP contribution >= 0.6 is 35.3 Å². The number of halogens is 2. The van der Waals surface area contributed by atoms with Crippen LogP contribution in [0.4, 0.5) is 10.1 Å². The smallest absolute Gasteiger partial charge is 0.224 e. The zero-order chi connectivity index (χ0) is 22.1. The number of aromatic nitrogens is 1. The van der Waals surface area contributed by atoms with E-state index < -0.39 is 0 Å². The molecule has 1 aromatic carbocycles. The molecule has 2 aromatic rings. The third-order valence-corrected chi connectivity index (χ3v) is 6.25. The van der Waals surface area contributed by atoms with E-state index in [9.17, 15) is 9.18 Å². The number of hydrogen-bond donors (Lipinski definition) is 2. The maximum Gasteiger partial charge on any atom is 0.224 e. The molecule has 2 heterocycles. The monoisotopic (exact) mass is 574 g/mol. The van der Waals surface area contributed by atoms with Gasteiger partial charge in [0.05, 0.1) is 6.54 Å². The van der Waals surface area contributed by atoms with Crippen LogP contribution in [0.3, 0.4) is 0 Å². The van der Waals surface area contributed by atoms with Gasteiger partial charge in [0, 0.05) is 62.5 Å². The topological polar surface area (TPSA) is 72.9 Å². The lowest BCUT2D eigenvalue weighted by atomic mass is 10.2. The first-order valence-corrected chi connectivity index (χ1v) is 11.6. The highest BCUT2D eigenvalue weighted by Crippen LogP contribution is 2.17. The third kappa shape index (κ3) is 7.88. The van der Waals surface area contributed by atoms with E-state index >= 15 is 0 Å². The Balaban J connectivity index is 0.00000363. The zero-order valence-electron chi connectivity index (χ0n) is 18.6. The average molecular weight is 575 g/mol. The summed E-state index contributed by atoms with van der Waals surface area (Å²) in [5.41, 5.74) is 0.993. The molecule has 1 aliphatic rings. The normalized spacial score (nSPS) is 14.2. The van der Waals surface area contributed by atoms with Crippen LogP contribution in [-0.2, 0) is 17.8 Å². The summed E-state index contributed by atoms with van der Waals surface area (Å²) < 4.78 is 13.1. The van der Waals surface area contributed by atoms with Gasteiger partial charge in [-0.2, -0.15) is 0 Å². The Morgan fingerprint density at radius 1 is 1.16 bits per heavy atom. The maximum absolute atomic E-state index is 13.1. The minimum absolute atomic E-state index is 0. The number of benzene rings is 1. The highest BCUT2D eigenvalue weighted by atomic mass is 127. The first-order chi connectivity index (χ1) is 15.1.